The topological polar surface area (TPSA) is 44.7 Å². The third-order valence-electron chi connectivity index (χ3n) is 2.51. The van der Waals surface area contributed by atoms with E-state index in [1.165, 1.54) is 0 Å². The standard InChI is InChI=1S/C14H10ClN2O.BrH/c15-13-3-1-12(2-4-13)14(18)10-17-7-5-11(9-16)6-8-17;/h1-8H,10H2;1H/q+1;/p-1. The number of benzene rings is 1. The first-order valence-corrected chi connectivity index (χ1v) is 5.75. The van der Waals surface area contributed by atoms with Gasteiger partial charge in [-0.15, -0.1) is 0 Å². The third-order valence-corrected chi connectivity index (χ3v) is 2.76. The first-order chi connectivity index (χ1) is 8.69. The van der Waals surface area contributed by atoms with E-state index in [0.717, 1.165) is 0 Å². The maximum absolute atomic E-state index is 12.0. The van der Waals surface area contributed by atoms with E-state index in [1.807, 2.05) is 6.07 Å². The minimum Gasteiger partial charge on any atom is -1.00 e. The molecule has 5 heteroatoms. The van der Waals surface area contributed by atoms with Crippen LogP contribution in [0.15, 0.2) is 48.8 Å². The van der Waals surface area contributed by atoms with Gasteiger partial charge >= 0.3 is 0 Å². The van der Waals surface area contributed by atoms with Gasteiger partial charge < -0.3 is 17.0 Å². The summed E-state index contributed by atoms with van der Waals surface area (Å²) >= 11 is 5.76. The van der Waals surface area contributed by atoms with E-state index >= 15 is 0 Å². The van der Waals surface area contributed by atoms with Gasteiger partial charge in [0.1, 0.15) is 0 Å². The molecule has 2 rings (SSSR count). The van der Waals surface area contributed by atoms with Gasteiger partial charge in [0.15, 0.2) is 12.4 Å². The van der Waals surface area contributed by atoms with E-state index in [4.69, 9.17) is 16.9 Å². The van der Waals surface area contributed by atoms with Crippen LogP contribution in [0.25, 0.3) is 0 Å². The number of nitrogens with zero attached hydrogens (tertiary/aromatic N) is 2. The Labute approximate surface area is 126 Å². The summed E-state index contributed by atoms with van der Waals surface area (Å²) in [7, 11) is 0. The van der Waals surface area contributed by atoms with Crippen LogP contribution < -0.4 is 21.5 Å². The van der Waals surface area contributed by atoms with E-state index < -0.39 is 0 Å². The highest BCUT2D eigenvalue weighted by molar-refractivity contribution is 6.30. The number of Topliss-reactive ketones (excluding diaryl/α,β-unsaturated/α-hetero) is 1. The van der Waals surface area contributed by atoms with Crippen LogP contribution in [-0.2, 0) is 6.54 Å². The fraction of sp³-hybridized carbons (Fsp3) is 0.0714. The number of hydrogen-bond acceptors (Lipinski definition) is 2. The summed E-state index contributed by atoms with van der Waals surface area (Å²) in [5.41, 5.74) is 1.20. The summed E-state index contributed by atoms with van der Waals surface area (Å²) in [6.07, 6.45) is 3.43. The van der Waals surface area contributed by atoms with Crippen LogP contribution in [0.2, 0.25) is 5.02 Å². The Bertz CT molecular complexity index is 603. The molecular formula is C14H10BrClN2O. The maximum atomic E-state index is 12.0. The number of pyridine rings is 1. The molecule has 0 fully saturated rings. The summed E-state index contributed by atoms with van der Waals surface area (Å²) in [5, 5.41) is 9.28. The molecule has 1 heterocycles. The predicted octanol–water partition coefficient (Wildman–Crippen LogP) is -0.614. The molecular weight excluding hydrogens is 328 g/mol. The first-order valence-electron chi connectivity index (χ1n) is 5.37. The zero-order chi connectivity index (χ0) is 13.0. The number of rotatable bonds is 3. The molecule has 3 nitrogen and oxygen atoms in total. The highest BCUT2D eigenvalue weighted by atomic mass is 79.9. The Morgan fingerprint density at radius 1 is 1.16 bits per heavy atom. The molecule has 0 spiro atoms. The smallest absolute Gasteiger partial charge is 0.227 e. The lowest BCUT2D eigenvalue weighted by atomic mass is 10.1. The molecule has 1 aromatic heterocycles. The molecule has 96 valence electrons. The predicted molar refractivity (Wildman–Crippen MR) is 67.1 cm³/mol. The second kappa shape index (κ2) is 7.03. The lowest BCUT2D eigenvalue weighted by Gasteiger charge is -1.98. The molecule has 0 bridgehead atoms. The maximum Gasteiger partial charge on any atom is 0.227 e. The molecule has 0 aliphatic heterocycles. The van der Waals surface area contributed by atoms with Crippen molar-refractivity contribution in [1.29, 1.82) is 5.26 Å². The van der Waals surface area contributed by atoms with Crippen molar-refractivity contribution in [1.82, 2.24) is 0 Å². The SMILES string of the molecule is N#Cc1cc[n+](CC(=O)c2ccc(Cl)cc2)cc1.[Br-]. The number of hydrogen-bond donors (Lipinski definition) is 0. The molecule has 0 unspecified atom stereocenters. The average molecular weight is 338 g/mol. The lowest BCUT2D eigenvalue weighted by Crippen LogP contribution is -3.00. The van der Waals surface area contributed by atoms with Crippen LogP contribution >= 0.6 is 11.6 Å². The second-order valence-corrected chi connectivity index (χ2v) is 4.24. The van der Waals surface area contributed by atoms with E-state index in [0.29, 0.717) is 16.1 Å². The van der Waals surface area contributed by atoms with Gasteiger partial charge in [0.25, 0.3) is 0 Å². The lowest BCUT2D eigenvalue weighted by molar-refractivity contribution is -0.683. The molecule has 1 aromatic carbocycles. The highest BCUT2D eigenvalue weighted by Gasteiger charge is 2.11. The molecule has 0 aliphatic rings. The van der Waals surface area contributed by atoms with Gasteiger partial charge in [-0.2, -0.15) is 9.83 Å². The van der Waals surface area contributed by atoms with E-state index in [2.05, 4.69) is 0 Å². The van der Waals surface area contributed by atoms with Gasteiger partial charge in [-0.05, 0) is 24.3 Å². The summed E-state index contributed by atoms with van der Waals surface area (Å²) in [6, 6.07) is 12.2. The fourth-order valence-electron chi connectivity index (χ4n) is 1.53. The summed E-state index contributed by atoms with van der Waals surface area (Å²) in [5.74, 6) is 0.00127. The monoisotopic (exact) mass is 336 g/mol. The number of ketones is 1. The van der Waals surface area contributed by atoms with Gasteiger partial charge in [-0.3, -0.25) is 4.79 Å². The normalized spacial score (nSPS) is 9.26. The van der Waals surface area contributed by atoms with E-state index in [9.17, 15) is 4.79 Å². The molecule has 0 radical (unpaired) electrons. The van der Waals surface area contributed by atoms with Crippen LogP contribution in [0.3, 0.4) is 0 Å². The first kappa shape index (κ1) is 15.4. The van der Waals surface area contributed by atoms with Crippen LogP contribution in [0.5, 0.6) is 0 Å². The summed E-state index contributed by atoms with van der Waals surface area (Å²) < 4.78 is 1.73. The molecule has 0 N–H and O–H groups in total. The Morgan fingerprint density at radius 2 is 1.74 bits per heavy atom. The molecule has 0 aliphatic carbocycles. The number of aromatic nitrogens is 1. The zero-order valence-electron chi connectivity index (χ0n) is 9.88. The second-order valence-electron chi connectivity index (χ2n) is 3.80. The van der Waals surface area contributed by atoms with Crippen molar-refractivity contribution in [3.63, 3.8) is 0 Å². The largest absolute Gasteiger partial charge is 1.00 e. The van der Waals surface area contributed by atoms with Crippen molar-refractivity contribution >= 4 is 17.4 Å². The Balaban J connectivity index is 0.00000180. The minimum absolute atomic E-state index is 0. The van der Waals surface area contributed by atoms with Crippen molar-refractivity contribution in [3.05, 3.63) is 64.9 Å². The fourth-order valence-corrected chi connectivity index (χ4v) is 1.66. The summed E-state index contributed by atoms with van der Waals surface area (Å²) in [6.45, 7) is 0.243. The number of carbonyl (C=O) groups excluding carboxylic acids is 1. The van der Waals surface area contributed by atoms with Gasteiger partial charge in [-0.25, -0.2) is 0 Å². The Kier molecular flexibility index (Phi) is 5.68. The van der Waals surface area contributed by atoms with Crippen LogP contribution in [0.4, 0.5) is 0 Å². The zero-order valence-corrected chi connectivity index (χ0v) is 12.2. The quantitative estimate of drug-likeness (QED) is 0.554. The van der Waals surface area contributed by atoms with Crippen molar-refractivity contribution in [3.8, 4) is 6.07 Å². The molecule has 0 saturated heterocycles. The van der Waals surface area contributed by atoms with Gasteiger partial charge in [-0.1, -0.05) is 11.6 Å². The van der Waals surface area contributed by atoms with Crippen molar-refractivity contribution in [2.75, 3.05) is 0 Å². The highest BCUT2D eigenvalue weighted by Crippen LogP contribution is 2.09. The number of carbonyl (C=O) groups is 1. The van der Waals surface area contributed by atoms with Crippen LogP contribution in [-0.4, -0.2) is 5.78 Å². The van der Waals surface area contributed by atoms with E-state index in [-0.39, 0.29) is 29.3 Å². The Morgan fingerprint density at radius 3 is 2.26 bits per heavy atom. The molecule has 19 heavy (non-hydrogen) atoms. The minimum atomic E-state index is 0. The molecule has 0 saturated carbocycles. The third kappa shape index (κ3) is 4.16. The number of nitriles is 1. The Hall–Kier alpha value is -1.70. The van der Waals surface area contributed by atoms with Crippen LogP contribution in [0.1, 0.15) is 15.9 Å². The molecule has 0 amide bonds. The van der Waals surface area contributed by atoms with Crippen molar-refractivity contribution in [2.24, 2.45) is 0 Å². The van der Waals surface area contributed by atoms with Crippen molar-refractivity contribution < 1.29 is 26.3 Å². The molecule has 2 aromatic rings. The average Bonchev–Trinajstić information content (AvgIpc) is 2.40. The van der Waals surface area contributed by atoms with Gasteiger partial charge in [0, 0.05) is 22.7 Å². The van der Waals surface area contributed by atoms with Gasteiger partial charge in [0.05, 0.1) is 11.6 Å². The molecule has 0 atom stereocenters. The van der Waals surface area contributed by atoms with Crippen LogP contribution in [0, 0.1) is 11.3 Å². The van der Waals surface area contributed by atoms with Gasteiger partial charge in [0.2, 0.25) is 12.3 Å². The van der Waals surface area contributed by atoms with E-state index in [1.54, 1.807) is 53.4 Å². The summed E-state index contributed by atoms with van der Waals surface area (Å²) in [4.78, 5) is 12.0. The number of halogens is 2. The van der Waals surface area contributed by atoms with Crippen molar-refractivity contribution in [2.45, 2.75) is 6.54 Å².